The van der Waals surface area contributed by atoms with Crippen molar-refractivity contribution in [1.29, 1.82) is 0 Å². The van der Waals surface area contributed by atoms with Crippen molar-refractivity contribution in [2.75, 3.05) is 32.9 Å². The number of esters is 2. The number of likely N-dealkylation sites (tertiary alicyclic amines) is 2. The van der Waals surface area contributed by atoms with E-state index in [1.54, 1.807) is 0 Å². The summed E-state index contributed by atoms with van der Waals surface area (Å²) in [6, 6.07) is -0.344. The maximum Gasteiger partial charge on any atom is 0.371 e. The first-order valence-electron chi connectivity index (χ1n) is 11.9. The SMILES string of the molecule is CCOC(=O)C1CCC(OC(C(=O)OC(C)(C)C)(N2CCCC2)N2CCC2CF)CC1. The molecule has 0 aromatic rings. The standard InChI is InChI=1S/C23H39FN2O5/c1-5-29-20(27)17-8-10-19(11-9-17)30-23(25-13-6-7-14-25,21(28)31-22(2,3)4)26-15-12-18(26)16-24/h17-19H,5-16H2,1-4H3. The summed E-state index contributed by atoms with van der Waals surface area (Å²) in [6.45, 7) is 9.23. The Hall–Kier alpha value is -1.25. The molecule has 2 atom stereocenters. The molecule has 2 unspecified atom stereocenters. The van der Waals surface area contributed by atoms with Crippen molar-refractivity contribution in [3.05, 3.63) is 0 Å². The van der Waals surface area contributed by atoms with E-state index in [0.29, 0.717) is 58.3 Å². The monoisotopic (exact) mass is 442 g/mol. The molecule has 3 fully saturated rings. The zero-order valence-corrected chi connectivity index (χ0v) is 19.5. The number of halogens is 1. The molecule has 1 saturated carbocycles. The number of nitrogens with zero attached hydrogens (tertiary/aromatic N) is 2. The topological polar surface area (TPSA) is 68.3 Å². The molecule has 0 aromatic carbocycles. The van der Waals surface area contributed by atoms with Gasteiger partial charge >= 0.3 is 11.9 Å². The van der Waals surface area contributed by atoms with Gasteiger partial charge in [-0.25, -0.2) is 14.1 Å². The van der Waals surface area contributed by atoms with E-state index in [2.05, 4.69) is 0 Å². The van der Waals surface area contributed by atoms with Gasteiger partial charge in [-0.15, -0.1) is 0 Å². The minimum absolute atomic E-state index is 0.120. The third-order valence-corrected chi connectivity index (χ3v) is 6.54. The van der Waals surface area contributed by atoms with Crippen LogP contribution in [0.1, 0.15) is 72.6 Å². The maximum atomic E-state index is 13.8. The Labute approximate surface area is 185 Å². The number of carbonyl (C=O) groups is 2. The molecule has 178 valence electrons. The summed E-state index contributed by atoms with van der Waals surface area (Å²) in [4.78, 5) is 29.7. The van der Waals surface area contributed by atoms with E-state index in [0.717, 1.165) is 12.8 Å². The quantitative estimate of drug-likeness (QED) is 0.535. The summed E-state index contributed by atoms with van der Waals surface area (Å²) >= 11 is 0. The molecule has 0 amide bonds. The van der Waals surface area contributed by atoms with E-state index < -0.39 is 24.1 Å². The lowest BCUT2D eigenvalue weighted by Gasteiger charge is -2.55. The zero-order valence-electron chi connectivity index (χ0n) is 19.5. The average Bonchev–Trinajstić information content (AvgIpc) is 3.21. The number of ether oxygens (including phenoxy) is 3. The van der Waals surface area contributed by atoms with Gasteiger partial charge in [0.1, 0.15) is 12.3 Å². The fourth-order valence-electron chi connectivity index (χ4n) is 4.89. The van der Waals surface area contributed by atoms with Crippen molar-refractivity contribution in [3.8, 4) is 0 Å². The van der Waals surface area contributed by atoms with Crippen LogP contribution in [0.3, 0.4) is 0 Å². The van der Waals surface area contributed by atoms with Gasteiger partial charge in [-0.3, -0.25) is 9.69 Å². The molecule has 0 bridgehead atoms. The molecule has 7 nitrogen and oxygen atoms in total. The molecule has 1 aliphatic carbocycles. The highest BCUT2D eigenvalue weighted by atomic mass is 19.1. The maximum absolute atomic E-state index is 13.8. The van der Waals surface area contributed by atoms with Crippen LogP contribution < -0.4 is 0 Å². The molecule has 0 spiro atoms. The number of hydrogen-bond donors (Lipinski definition) is 0. The molecule has 31 heavy (non-hydrogen) atoms. The summed E-state index contributed by atoms with van der Waals surface area (Å²) in [5.74, 6) is -2.13. The normalized spacial score (nSPS) is 29.8. The molecule has 0 aromatic heterocycles. The summed E-state index contributed by atoms with van der Waals surface area (Å²) in [5, 5.41) is 0. The lowest BCUT2D eigenvalue weighted by Crippen LogP contribution is -2.74. The van der Waals surface area contributed by atoms with Crippen molar-refractivity contribution >= 4 is 11.9 Å². The van der Waals surface area contributed by atoms with Gasteiger partial charge in [0.2, 0.25) is 0 Å². The molecule has 0 radical (unpaired) electrons. The molecular formula is C23H39FN2O5. The predicted octanol–water partition coefficient (Wildman–Crippen LogP) is 3.26. The van der Waals surface area contributed by atoms with E-state index in [9.17, 15) is 14.0 Å². The van der Waals surface area contributed by atoms with Gasteiger partial charge < -0.3 is 14.2 Å². The van der Waals surface area contributed by atoms with Crippen molar-refractivity contribution in [2.24, 2.45) is 5.92 Å². The Morgan fingerprint density at radius 1 is 1.00 bits per heavy atom. The van der Waals surface area contributed by atoms with Crippen LogP contribution in [0.4, 0.5) is 4.39 Å². The van der Waals surface area contributed by atoms with Gasteiger partial charge in [0, 0.05) is 25.7 Å². The van der Waals surface area contributed by atoms with E-state index in [-0.39, 0.29) is 24.0 Å². The Morgan fingerprint density at radius 3 is 2.13 bits per heavy atom. The van der Waals surface area contributed by atoms with Crippen molar-refractivity contribution in [2.45, 2.75) is 96.2 Å². The lowest BCUT2D eigenvalue weighted by molar-refractivity contribution is -0.299. The molecule has 3 rings (SSSR count). The molecular weight excluding hydrogens is 403 g/mol. The second-order valence-corrected chi connectivity index (χ2v) is 9.94. The lowest BCUT2D eigenvalue weighted by atomic mass is 9.87. The van der Waals surface area contributed by atoms with Crippen LogP contribution in [0.25, 0.3) is 0 Å². The third-order valence-electron chi connectivity index (χ3n) is 6.54. The van der Waals surface area contributed by atoms with E-state index in [1.807, 2.05) is 37.5 Å². The second kappa shape index (κ2) is 10.1. The van der Waals surface area contributed by atoms with Crippen molar-refractivity contribution in [1.82, 2.24) is 9.80 Å². The summed E-state index contributed by atoms with van der Waals surface area (Å²) in [7, 11) is 0. The highest BCUT2D eigenvalue weighted by Gasteiger charge is 2.59. The van der Waals surface area contributed by atoms with Crippen LogP contribution in [-0.4, -0.2) is 78.2 Å². The molecule has 3 aliphatic rings. The highest BCUT2D eigenvalue weighted by molar-refractivity contribution is 5.79. The molecule has 2 saturated heterocycles. The number of alkyl halides is 1. The van der Waals surface area contributed by atoms with E-state index in [4.69, 9.17) is 14.2 Å². The second-order valence-electron chi connectivity index (χ2n) is 9.94. The van der Waals surface area contributed by atoms with E-state index in [1.165, 1.54) is 0 Å². The Kier molecular flexibility index (Phi) is 7.97. The minimum Gasteiger partial charge on any atom is -0.466 e. The fourth-order valence-corrected chi connectivity index (χ4v) is 4.89. The highest BCUT2D eigenvalue weighted by Crippen LogP contribution is 2.40. The van der Waals surface area contributed by atoms with Crippen molar-refractivity contribution in [3.63, 3.8) is 0 Å². The number of carbonyl (C=O) groups excluding carboxylic acids is 2. The largest absolute Gasteiger partial charge is 0.466 e. The van der Waals surface area contributed by atoms with Crippen LogP contribution in [0.5, 0.6) is 0 Å². The Bertz CT molecular complexity index is 624. The van der Waals surface area contributed by atoms with Gasteiger partial charge in [0.15, 0.2) is 0 Å². The first kappa shape index (κ1) is 24.4. The minimum atomic E-state index is -1.40. The van der Waals surface area contributed by atoms with Crippen LogP contribution in [0.2, 0.25) is 0 Å². The first-order chi connectivity index (χ1) is 14.7. The van der Waals surface area contributed by atoms with Crippen LogP contribution in [0, 0.1) is 5.92 Å². The molecule has 2 heterocycles. The predicted molar refractivity (Wildman–Crippen MR) is 114 cm³/mol. The van der Waals surface area contributed by atoms with Gasteiger partial charge in [0.25, 0.3) is 5.85 Å². The van der Waals surface area contributed by atoms with Gasteiger partial charge in [0.05, 0.1) is 18.6 Å². The smallest absolute Gasteiger partial charge is 0.371 e. The van der Waals surface area contributed by atoms with Crippen LogP contribution in [-0.2, 0) is 23.8 Å². The molecule has 8 heteroatoms. The summed E-state index contributed by atoms with van der Waals surface area (Å²) < 4.78 is 31.5. The Balaban J connectivity index is 1.83. The molecule has 0 N–H and O–H groups in total. The average molecular weight is 443 g/mol. The number of hydrogen-bond acceptors (Lipinski definition) is 7. The van der Waals surface area contributed by atoms with Crippen LogP contribution in [0.15, 0.2) is 0 Å². The first-order valence-corrected chi connectivity index (χ1v) is 11.9. The zero-order chi connectivity index (χ0) is 22.6. The van der Waals surface area contributed by atoms with Gasteiger partial charge in [-0.2, -0.15) is 0 Å². The molecule has 2 aliphatic heterocycles. The van der Waals surface area contributed by atoms with Crippen LogP contribution >= 0.6 is 0 Å². The van der Waals surface area contributed by atoms with E-state index >= 15 is 0 Å². The number of rotatable bonds is 8. The van der Waals surface area contributed by atoms with Gasteiger partial charge in [-0.1, -0.05) is 0 Å². The third kappa shape index (κ3) is 5.40. The summed E-state index contributed by atoms with van der Waals surface area (Å²) in [5.41, 5.74) is -0.678. The Morgan fingerprint density at radius 2 is 1.65 bits per heavy atom. The summed E-state index contributed by atoms with van der Waals surface area (Å²) in [6.07, 6.45) is 5.11. The van der Waals surface area contributed by atoms with Gasteiger partial charge in [-0.05, 0) is 72.6 Å². The van der Waals surface area contributed by atoms with Crippen molar-refractivity contribution < 1.29 is 28.2 Å². The fraction of sp³-hybridized carbons (Fsp3) is 0.913.